The lowest BCUT2D eigenvalue weighted by Crippen LogP contribution is -2.02. The summed E-state index contributed by atoms with van der Waals surface area (Å²) in [5.41, 5.74) is 4.57. The van der Waals surface area contributed by atoms with Crippen LogP contribution in [0.25, 0.3) is 0 Å². The van der Waals surface area contributed by atoms with Crippen LogP contribution < -0.4 is 0 Å². The van der Waals surface area contributed by atoms with Crippen LogP contribution in [0, 0.1) is 20.8 Å². The van der Waals surface area contributed by atoms with Gasteiger partial charge in [-0.05, 0) is 31.9 Å². The van der Waals surface area contributed by atoms with Crippen molar-refractivity contribution in [2.24, 2.45) is 0 Å². The molecule has 0 aliphatic heterocycles. The molecule has 2 heteroatoms. The molecule has 0 atom stereocenters. The van der Waals surface area contributed by atoms with Crippen LogP contribution in [0.5, 0.6) is 0 Å². The molecule has 0 N–H and O–H groups in total. The highest BCUT2D eigenvalue weighted by molar-refractivity contribution is 8.00. The topological polar surface area (TPSA) is 17.1 Å². The minimum Gasteiger partial charge on any atom is -0.293 e. The normalized spacial score (nSPS) is 10.5. The van der Waals surface area contributed by atoms with E-state index in [1.165, 1.54) is 21.6 Å². The van der Waals surface area contributed by atoms with Gasteiger partial charge in [0.05, 0.1) is 5.75 Å². The highest BCUT2D eigenvalue weighted by atomic mass is 32.2. The Morgan fingerprint density at radius 2 is 1.58 bits per heavy atom. The monoisotopic (exact) mass is 270 g/mol. The van der Waals surface area contributed by atoms with Crippen molar-refractivity contribution in [3.05, 3.63) is 64.7 Å². The van der Waals surface area contributed by atoms with Gasteiger partial charge in [-0.3, -0.25) is 4.79 Å². The van der Waals surface area contributed by atoms with Gasteiger partial charge in [-0.15, -0.1) is 11.8 Å². The van der Waals surface area contributed by atoms with Crippen LogP contribution in [-0.2, 0) is 0 Å². The Morgan fingerprint density at radius 3 is 2.16 bits per heavy atom. The van der Waals surface area contributed by atoms with E-state index in [1.54, 1.807) is 11.8 Å². The first-order chi connectivity index (χ1) is 9.08. The third-order valence-corrected chi connectivity index (χ3v) is 4.39. The molecular weight excluding hydrogens is 252 g/mol. The van der Waals surface area contributed by atoms with Crippen LogP contribution >= 0.6 is 11.8 Å². The molecule has 0 unspecified atom stereocenters. The van der Waals surface area contributed by atoms with E-state index in [2.05, 4.69) is 32.9 Å². The maximum Gasteiger partial charge on any atom is 0.173 e. The Balaban J connectivity index is 2.10. The van der Waals surface area contributed by atoms with E-state index in [4.69, 9.17) is 0 Å². The number of thioether (sulfide) groups is 1. The Hall–Kier alpha value is -1.54. The second-order valence-corrected chi connectivity index (χ2v) is 5.79. The average Bonchev–Trinajstić information content (AvgIpc) is 2.38. The largest absolute Gasteiger partial charge is 0.293 e. The fraction of sp³-hybridized carbons (Fsp3) is 0.235. The first kappa shape index (κ1) is 13.9. The molecule has 0 heterocycles. The number of carbonyl (C=O) groups excluding carboxylic acids is 1. The molecule has 0 saturated heterocycles. The third-order valence-electron chi connectivity index (χ3n) is 3.05. The number of benzene rings is 2. The second-order valence-electron chi connectivity index (χ2n) is 4.81. The number of hydrogen-bond acceptors (Lipinski definition) is 2. The molecule has 0 aliphatic carbocycles. The van der Waals surface area contributed by atoms with Crippen molar-refractivity contribution < 1.29 is 4.79 Å². The van der Waals surface area contributed by atoms with Gasteiger partial charge in [-0.25, -0.2) is 0 Å². The van der Waals surface area contributed by atoms with Gasteiger partial charge in [0.15, 0.2) is 5.78 Å². The molecule has 0 amide bonds. The Kier molecular flexibility index (Phi) is 4.43. The van der Waals surface area contributed by atoms with Crippen LogP contribution in [0.2, 0.25) is 0 Å². The summed E-state index contributed by atoms with van der Waals surface area (Å²) in [5, 5.41) is 0. The van der Waals surface area contributed by atoms with Crippen molar-refractivity contribution >= 4 is 17.5 Å². The fourth-order valence-electron chi connectivity index (χ4n) is 2.24. The highest BCUT2D eigenvalue weighted by Crippen LogP contribution is 2.28. The van der Waals surface area contributed by atoms with Crippen LogP contribution in [0.3, 0.4) is 0 Å². The molecule has 0 spiro atoms. The maximum atomic E-state index is 12.1. The molecule has 0 aromatic heterocycles. The maximum absolute atomic E-state index is 12.1. The predicted octanol–water partition coefficient (Wildman–Crippen LogP) is 4.59. The minimum atomic E-state index is 0.185. The summed E-state index contributed by atoms with van der Waals surface area (Å²) in [7, 11) is 0. The molecule has 98 valence electrons. The molecular formula is C17H18OS. The van der Waals surface area contributed by atoms with Crippen molar-refractivity contribution in [2.45, 2.75) is 25.7 Å². The van der Waals surface area contributed by atoms with Gasteiger partial charge < -0.3 is 0 Å². The quantitative estimate of drug-likeness (QED) is 0.597. The third kappa shape index (κ3) is 3.48. The summed E-state index contributed by atoms with van der Waals surface area (Å²) in [5.74, 6) is 0.680. The molecule has 0 radical (unpaired) electrons. The molecule has 1 nitrogen and oxygen atoms in total. The predicted molar refractivity (Wildman–Crippen MR) is 82.1 cm³/mol. The van der Waals surface area contributed by atoms with Crippen molar-refractivity contribution in [3.8, 4) is 0 Å². The molecule has 2 rings (SSSR count). The van der Waals surface area contributed by atoms with E-state index in [-0.39, 0.29) is 5.78 Å². The first-order valence-corrected chi connectivity index (χ1v) is 7.35. The summed E-state index contributed by atoms with van der Waals surface area (Å²) in [6.07, 6.45) is 0. The van der Waals surface area contributed by atoms with E-state index in [0.717, 1.165) is 5.56 Å². The number of ketones is 1. The van der Waals surface area contributed by atoms with Gasteiger partial charge >= 0.3 is 0 Å². The van der Waals surface area contributed by atoms with Crippen molar-refractivity contribution in [2.75, 3.05) is 5.75 Å². The van der Waals surface area contributed by atoms with Gasteiger partial charge in [-0.2, -0.15) is 0 Å². The first-order valence-electron chi connectivity index (χ1n) is 6.37. The summed E-state index contributed by atoms with van der Waals surface area (Å²) in [6.45, 7) is 6.31. The second kappa shape index (κ2) is 6.07. The Labute approximate surface area is 119 Å². The van der Waals surface area contributed by atoms with Crippen molar-refractivity contribution in [1.82, 2.24) is 0 Å². The summed E-state index contributed by atoms with van der Waals surface area (Å²) in [4.78, 5) is 13.3. The van der Waals surface area contributed by atoms with Gasteiger partial charge in [0.2, 0.25) is 0 Å². The van der Waals surface area contributed by atoms with Crippen molar-refractivity contribution in [3.63, 3.8) is 0 Å². The molecule has 19 heavy (non-hydrogen) atoms. The molecule has 2 aromatic rings. The number of rotatable bonds is 4. The van der Waals surface area contributed by atoms with Crippen molar-refractivity contribution in [1.29, 1.82) is 0 Å². The van der Waals surface area contributed by atoms with Gasteiger partial charge in [0.1, 0.15) is 0 Å². The lowest BCUT2D eigenvalue weighted by atomic mass is 10.1. The zero-order valence-corrected chi connectivity index (χ0v) is 12.4. The summed E-state index contributed by atoms with van der Waals surface area (Å²) < 4.78 is 0. The smallest absolute Gasteiger partial charge is 0.173 e. The fourth-order valence-corrected chi connectivity index (χ4v) is 3.25. The van der Waals surface area contributed by atoms with Crippen LogP contribution in [-0.4, -0.2) is 11.5 Å². The summed E-state index contributed by atoms with van der Waals surface area (Å²) >= 11 is 1.64. The van der Waals surface area contributed by atoms with Gasteiger partial charge in [0, 0.05) is 10.5 Å². The Bertz CT molecular complexity index is 564. The van der Waals surface area contributed by atoms with E-state index >= 15 is 0 Å². The standard InChI is InChI=1S/C17H18OS/c1-12-9-13(2)17(14(3)10-12)19-11-16(18)15-7-5-4-6-8-15/h4-10H,11H2,1-3H3. The van der Waals surface area contributed by atoms with E-state index in [0.29, 0.717) is 5.75 Å². The SMILES string of the molecule is Cc1cc(C)c(SCC(=O)c2ccccc2)c(C)c1. The summed E-state index contributed by atoms with van der Waals surface area (Å²) in [6, 6.07) is 13.8. The molecule has 0 aliphatic rings. The molecule has 0 fully saturated rings. The van der Waals surface area contributed by atoms with Crippen LogP contribution in [0.4, 0.5) is 0 Å². The van der Waals surface area contributed by atoms with E-state index in [9.17, 15) is 4.79 Å². The number of hydrogen-bond donors (Lipinski definition) is 0. The van der Waals surface area contributed by atoms with Gasteiger partial charge in [-0.1, -0.05) is 48.0 Å². The zero-order chi connectivity index (χ0) is 13.8. The number of carbonyl (C=O) groups is 1. The number of aryl methyl sites for hydroxylation is 3. The molecule has 0 bridgehead atoms. The average molecular weight is 270 g/mol. The molecule has 2 aromatic carbocycles. The highest BCUT2D eigenvalue weighted by Gasteiger charge is 2.09. The molecule has 0 saturated carbocycles. The Morgan fingerprint density at radius 1 is 1.00 bits per heavy atom. The lowest BCUT2D eigenvalue weighted by molar-refractivity contribution is 0.102. The van der Waals surface area contributed by atoms with Crippen LogP contribution in [0.1, 0.15) is 27.0 Å². The van der Waals surface area contributed by atoms with Crippen LogP contribution in [0.15, 0.2) is 47.4 Å². The van der Waals surface area contributed by atoms with Gasteiger partial charge in [0.25, 0.3) is 0 Å². The van der Waals surface area contributed by atoms with E-state index in [1.807, 2.05) is 30.3 Å². The van der Waals surface area contributed by atoms with E-state index < -0.39 is 0 Å². The number of Topliss-reactive ketones (excluding diaryl/α,β-unsaturated/α-hetero) is 1. The lowest BCUT2D eigenvalue weighted by Gasteiger charge is -2.10. The minimum absolute atomic E-state index is 0.185. The zero-order valence-electron chi connectivity index (χ0n) is 11.6.